The number of fused-ring (bicyclic) bond motifs is 1. The highest BCUT2D eigenvalue weighted by Crippen LogP contribution is 2.42. The maximum atomic E-state index is 12.9. The molecule has 0 unspecified atom stereocenters. The first kappa shape index (κ1) is 16.6. The molecule has 6 nitrogen and oxygen atoms in total. The highest BCUT2D eigenvalue weighted by Gasteiger charge is 2.34. The number of nitrogens with zero attached hydrogens (tertiary/aromatic N) is 4. The average molecular weight is 379 g/mol. The van der Waals surface area contributed by atoms with Gasteiger partial charge in [-0.25, -0.2) is 9.67 Å². The zero-order valence-electron chi connectivity index (χ0n) is 15.0. The van der Waals surface area contributed by atoms with Gasteiger partial charge in [0.2, 0.25) is 0 Å². The van der Waals surface area contributed by atoms with E-state index in [0.717, 1.165) is 42.8 Å². The first-order valence-electron chi connectivity index (χ1n) is 9.60. The van der Waals surface area contributed by atoms with Crippen LogP contribution < -0.4 is 5.32 Å². The van der Waals surface area contributed by atoms with Gasteiger partial charge in [-0.15, -0.1) is 16.4 Å². The molecule has 2 aliphatic rings. The van der Waals surface area contributed by atoms with Crippen LogP contribution in [0.5, 0.6) is 0 Å². The summed E-state index contributed by atoms with van der Waals surface area (Å²) in [5.41, 5.74) is 3.43. The molecule has 2 aromatic heterocycles. The normalized spacial score (nSPS) is 16.6. The maximum Gasteiger partial charge on any atom is 0.279 e. The van der Waals surface area contributed by atoms with Crippen molar-refractivity contribution in [2.75, 3.05) is 5.32 Å². The Balaban J connectivity index is 1.43. The largest absolute Gasteiger partial charge is 0.296 e. The van der Waals surface area contributed by atoms with E-state index in [1.807, 2.05) is 35.0 Å². The number of aromatic nitrogens is 4. The molecule has 0 aliphatic heterocycles. The SMILES string of the molecule is O=C(Nc1nc2c(s1)CCCCC2)c1nnn(-c2ccccc2)c1C1CC1. The van der Waals surface area contributed by atoms with Gasteiger partial charge in [0.05, 0.1) is 17.1 Å². The molecule has 2 heterocycles. The smallest absolute Gasteiger partial charge is 0.279 e. The second-order valence-electron chi connectivity index (χ2n) is 7.25. The molecule has 2 aliphatic carbocycles. The number of thiazole rings is 1. The van der Waals surface area contributed by atoms with Gasteiger partial charge in [-0.3, -0.25) is 10.1 Å². The third-order valence-corrected chi connectivity index (χ3v) is 6.27. The summed E-state index contributed by atoms with van der Waals surface area (Å²) >= 11 is 1.61. The standard InChI is InChI=1S/C20H21N5OS/c26-19(22-20-21-15-9-5-2-6-10-16(15)27-20)17-18(13-11-12-13)25(24-23-17)14-7-3-1-4-8-14/h1,3-4,7-8,13H,2,5-6,9-12H2,(H,21,22,26). The van der Waals surface area contributed by atoms with Crippen LogP contribution in [0.1, 0.15) is 64.8 Å². The van der Waals surface area contributed by atoms with Gasteiger partial charge < -0.3 is 0 Å². The first-order valence-corrected chi connectivity index (χ1v) is 10.4. The molecule has 0 atom stereocenters. The molecule has 0 bridgehead atoms. The summed E-state index contributed by atoms with van der Waals surface area (Å²) in [5, 5.41) is 12.2. The molecule has 3 aromatic rings. The predicted octanol–water partition coefficient (Wildman–Crippen LogP) is 4.12. The third-order valence-electron chi connectivity index (χ3n) is 5.20. The lowest BCUT2D eigenvalue weighted by atomic mass is 10.2. The van der Waals surface area contributed by atoms with E-state index < -0.39 is 0 Å². The molecule has 1 amide bonds. The zero-order chi connectivity index (χ0) is 18.2. The van der Waals surface area contributed by atoms with E-state index in [4.69, 9.17) is 0 Å². The van der Waals surface area contributed by atoms with Crippen molar-refractivity contribution in [3.05, 3.63) is 52.3 Å². The molecule has 0 saturated heterocycles. The van der Waals surface area contributed by atoms with E-state index in [-0.39, 0.29) is 5.91 Å². The Morgan fingerprint density at radius 1 is 1.11 bits per heavy atom. The van der Waals surface area contributed by atoms with E-state index in [1.165, 1.54) is 24.1 Å². The van der Waals surface area contributed by atoms with Crippen molar-refractivity contribution in [1.29, 1.82) is 0 Å². The molecule has 0 radical (unpaired) electrons. The van der Waals surface area contributed by atoms with Crippen molar-refractivity contribution in [2.45, 2.75) is 50.9 Å². The van der Waals surface area contributed by atoms with Gasteiger partial charge in [-0.2, -0.15) is 0 Å². The number of aryl methyl sites for hydroxylation is 2. The van der Waals surface area contributed by atoms with Gasteiger partial charge in [-0.1, -0.05) is 29.8 Å². The van der Waals surface area contributed by atoms with Gasteiger partial charge in [0.15, 0.2) is 10.8 Å². The average Bonchev–Trinajstić information content (AvgIpc) is 3.38. The van der Waals surface area contributed by atoms with Gasteiger partial charge in [-0.05, 0) is 50.7 Å². The summed E-state index contributed by atoms with van der Waals surface area (Å²) in [7, 11) is 0. The minimum atomic E-state index is -0.206. The first-order chi connectivity index (χ1) is 13.3. The van der Waals surface area contributed by atoms with E-state index in [9.17, 15) is 4.79 Å². The lowest BCUT2D eigenvalue weighted by Gasteiger charge is -2.06. The Hall–Kier alpha value is -2.54. The van der Waals surface area contributed by atoms with Crippen molar-refractivity contribution in [1.82, 2.24) is 20.0 Å². The van der Waals surface area contributed by atoms with Gasteiger partial charge in [0, 0.05) is 10.8 Å². The summed E-state index contributed by atoms with van der Waals surface area (Å²) in [5.74, 6) is 0.150. The summed E-state index contributed by atoms with van der Waals surface area (Å²) < 4.78 is 1.81. The summed E-state index contributed by atoms with van der Waals surface area (Å²) in [4.78, 5) is 18.9. The number of carbonyl (C=O) groups excluding carboxylic acids is 1. The van der Waals surface area contributed by atoms with Crippen molar-refractivity contribution in [3.63, 3.8) is 0 Å². The summed E-state index contributed by atoms with van der Waals surface area (Å²) in [6.07, 6.45) is 7.89. The molecule has 1 fully saturated rings. The van der Waals surface area contributed by atoms with Crippen molar-refractivity contribution < 1.29 is 4.79 Å². The fourth-order valence-electron chi connectivity index (χ4n) is 3.67. The molecule has 1 saturated carbocycles. The molecular formula is C20H21N5OS. The van der Waals surface area contributed by atoms with Crippen LogP contribution in [0.2, 0.25) is 0 Å². The summed E-state index contributed by atoms with van der Waals surface area (Å²) in [6, 6.07) is 9.88. The summed E-state index contributed by atoms with van der Waals surface area (Å²) in [6.45, 7) is 0. The van der Waals surface area contributed by atoms with Crippen molar-refractivity contribution in [3.8, 4) is 5.69 Å². The minimum absolute atomic E-state index is 0.206. The quantitative estimate of drug-likeness (QED) is 0.692. The number of carbonyl (C=O) groups is 1. The number of para-hydroxylation sites is 1. The fraction of sp³-hybridized carbons (Fsp3) is 0.400. The van der Waals surface area contributed by atoms with Crippen LogP contribution >= 0.6 is 11.3 Å². The van der Waals surface area contributed by atoms with Gasteiger partial charge >= 0.3 is 0 Å². The van der Waals surface area contributed by atoms with Crippen LogP contribution in [-0.4, -0.2) is 25.9 Å². The Kier molecular flexibility index (Phi) is 4.24. The Morgan fingerprint density at radius 2 is 1.93 bits per heavy atom. The molecule has 1 aromatic carbocycles. The second kappa shape index (κ2) is 6.88. The molecular weight excluding hydrogens is 358 g/mol. The van der Waals surface area contributed by atoms with Crippen LogP contribution in [0.4, 0.5) is 5.13 Å². The Labute approximate surface area is 161 Å². The number of hydrogen-bond donors (Lipinski definition) is 1. The van der Waals surface area contributed by atoms with Gasteiger partial charge in [0.25, 0.3) is 5.91 Å². The molecule has 138 valence electrons. The van der Waals surface area contributed by atoms with Crippen LogP contribution in [0.3, 0.4) is 0 Å². The van der Waals surface area contributed by atoms with E-state index in [1.54, 1.807) is 11.3 Å². The van der Waals surface area contributed by atoms with Gasteiger partial charge in [0.1, 0.15) is 0 Å². The maximum absolute atomic E-state index is 12.9. The van der Waals surface area contributed by atoms with Crippen LogP contribution in [0.25, 0.3) is 5.69 Å². The highest BCUT2D eigenvalue weighted by molar-refractivity contribution is 7.15. The van der Waals surface area contributed by atoms with Crippen molar-refractivity contribution >= 4 is 22.4 Å². The predicted molar refractivity (Wildman–Crippen MR) is 105 cm³/mol. The number of anilines is 1. The Bertz CT molecular complexity index is 950. The Morgan fingerprint density at radius 3 is 2.74 bits per heavy atom. The van der Waals surface area contributed by atoms with Crippen LogP contribution in [0, 0.1) is 0 Å². The van der Waals surface area contributed by atoms with E-state index in [2.05, 4.69) is 20.6 Å². The number of rotatable bonds is 4. The highest BCUT2D eigenvalue weighted by atomic mass is 32.1. The van der Waals surface area contributed by atoms with Crippen LogP contribution in [0.15, 0.2) is 30.3 Å². The lowest BCUT2D eigenvalue weighted by molar-refractivity contribution is 0.102. The van der Waals surface area contributed by atoms with Crippen molar-refractivity contribution in [2.24, 2.45) is 0 Å². The minimum Gasteiger partial charge on any atom is -0.296 e. The zero-order valence-corrected chi connectivity index (χ0v) is 15.8. The second-order valence-corrected chi connectivity index (χ2v) is 8.33. The molecule has 27 heavy (non-hydrogen) atoms. The number of benzene rings is 1. The monoisotopic (exact) mass is 379 g/mol. The molecule has 1 N–H and O–H groups in total. The number of amides is 1. The van der Waals surface area contributed by atoms with E-state index >= 15 is 0 Å². The lowest BCUT2D eigenvalue weighted by Crippen LogP contribution is -2.15. The van der Waals surface area contributed by atoms with E-state index in [0.29, 0.717) is 16.7 Å². The number of nitrogens with one attached hydrogen (secondary N) is 1. The molecule has 0 spiro atoms. The topological polar surface area (TPSA) is 72.7 Å². The van der Waals surface area contributed by atoms with Crippen LogP contribution in [-0.2, 0) is 12.8 Å². The fourth-order valence-corrected chi connectivity index (χ4v) is 4.72. The molecule has 7 heteroatoms. The number of hydrogen-bond acceptors (Lipinski definition) is 5. The molecule has 5 rings (SSSR count). The third kappa shape index (κ3) is 3.27.